The largest absolute Gasteiger partial charge is 0.478 e. The molecule has 6 nitrogen and oxygen atoms in total. The highest BCUT2D eigenvalue weighted by Crippen LogP contribution is 1.86. The second kappa shape index (κ2) is 6.15. The van der Waals surface area contributed by atoms with Crippen molar-refractivity contribution < 1.29 is 29.6 Å². The number of carboxylic acid groups (broad SMARTS) is 1. The van der Waals surface area contributed by atoms with E-state index in [2.05, 4.69) is 4.74 Å². The Hall–Kier alpha value is -1.40. The summed E-state index contributed by atoms with van der Waals surface area (Å²) in [5.74, 6) is -2.14. The number of hydrogen-bond donors (Lipinski definition) is 3. The highest BCUT2D eigenvalue weighted by atomic mass is 16.5. The summed E-state index contributed by atoms with van der Waals surface area (Å²) in [7, 11) is 0. The van der Waals surface area contributed by atoms with Crippen molar-refractivity contribution in [1.82, 2.24) is 0 Å². The Kier molecular flexibility index (Phi) is 5.49. The second-order valence-electron chi connectivity index (χ2n) is 2.14. The number of aliphatic carboxylic acids is 1. The smallest absolute Gasteiger partial charge is 0.331 e. The molecule has 0 heterocycles. The summed E-state index contributed by atoms with van der Waals surface area (Å²) in [6.45, 7) is -0.880. The third kappa shape index (κ3) is 6.98. The van der Waals surface area contributed by atoms with Gasteiger partial charge in [-0.2, -0.15) is 0 Å². The SMILES string of the molecule is O=C(O)/C=C\C(=O)OCC(O)CO. The maximum Gasteiger partial charge on any atom is 0.331 e. The van der Waals surface area contributed by atoms with Crippen LogP contribution in [0.15, 0.2) is 12.2 Å². The fourth-order valence-electron chi connectivity index (χ4n) is 0.418. The zero-order valence-electron chi connectivity index (χ0n) is 6.71. The van der Waals surface area contributed by atoms with Crippen LogP contribution in [0.2, 0.25) is 0 Å². The highest BCUT2D eigenvalue weighted by Gasteiger charge is 2.04. The van der Waals surface area contributed by atoms with Gasteiger partial charge in [-0.25, -0.2) is 9.59 Å². The fraction of sp³-hybridized carbons (Fsp3) is 0.429. The molecule has 0 aromatic rings. The molecule has 0 aliphatic heterocycles. The van der Waals surface area contributed by atoms with Crippen molar-refractivity contribution >= 4 is 11.9 Å². The Morgan fingerprint density at radius 3 is 2.46 bits per heavy atom. The lowest BCUT2D eigenvalue weighted by Crippen LogP contribution is -2.21. The van der Waals surface area contributed by atoms with E-state index in [1.165, 1.54) is 0 Å². The van der Waals surface area contributed by atoms with Gasteiger partial charge < -0.3 is 20.1 Å². The minimum Gasteiger partial charge on any atom is -0.478 e. The normalized spacial score (nSPS) is 12.8. The molecule has 0 aliphatic carbocycles. The van der Waals surface area contributed by atoms with Crippen molar-refractivity contribution in [3.05, 3.63) is 12.2 Å². The Balaban J connectivity index is 3.69. The van der Waals surface area contributed by atoms with Crippen molar-refractivity contribution in [1.29, 1.82) is 0 Å². The molecule has 0 aliphatic rings. The molecular formula is C7H10O6. The summed E-state index contributed by atoms with van der Waals surface area (Å²) >= 11 is 0. The van der Waals surface area contributed by atoms with Crippen molar-refractivity contribution in [2.75, 3.05) is 13.2 Å². The van der Waals surface area contributed by atoms with E-state index in [0.29, 0.717) is 12.2 Å². The van der Waals surface area contributed by atoms with E-state index in [0.717, 1.165) is 0 Å². The Morgan fingerprint density at radius 1 is 1.38 bits per heavy atom. The summed E-state index contributed by atoms with van der Waals surface area (Å²) in [5, 5.41) is 25.1. The molecular weight excluding hydrogens is 180 g/mol. The van der Waals surface area contributed by atoms with E-state index >= 15 is 0 Å². The van der Waals surface area contributed by atoms with Crippen LogP contribution in [-0.4, -0.2) is 46.6 Å². The predicted octanol–water partition coefficient (Wildman–Crippen LogP) is -1.48. The number of hydrogen-bond acceptors (Lipinski definition) is 5. The topological polar surface area (TPSA) is 104 Å². The first-order chi connectivity index (χ1) is 6.06. The molecule has 0 saturated heterocycles. The number of esters is 1. The molecule has 1 unspecified atom stereocenters. The van der Waals surface area contributed by atoms with Gasteiger partial charge in [-0.05, 0) is 0 Å². The Bertz CT molecular complexity index is 209. The van der Waals surface area contributed by atoms with Gasteiger partial charge in [0, 0.05) is 12.2 Å². The molecule has 0 fully saturated rings. The first-order valence-corrected chi connectivity index (χ1v) is 3.43. The van der Waals surface area contributed by atoms with Gasteiger partial charge in [-0.15, -0.1) is 0 Å². The van der Waals surface area contributed by atoms with Crippen LogP contribution >= 0.6 is 0 Å². The number of ether oxygens (including phenoxy) is 1. The number of carbonyl (C=O) groups is 2. The van der Waals surface area contributed by atoms with E-state index < -0.39 is 24.6 Å². The average Bonchev–Trinajstić information content (AvgIpc) is 2.10. The van der Waals surface area contributed by atoms with Gasteiger partial charge >= 0.3 is 11.9 Å². The number of carboxylic acids is 1. The molecule has 1 atom stereocenters. The molecule has 0 aromatic heterocycles. The fourth-order valence-corrected chi connectivity index (χ4v) is 0.418. The lowest BCUT2D eigenvalue weighted by atomic mass is 10.4. The predicted molar refractivity (Wildman–Crippen MR) is 40.8 cm³/mol. The third-order valence-electron chi connectivity index (χ3n) is 0.991. The Morgan fingerprint density at radius 2 is 2.00 bits per heavy atom. The molecule has 74 valence electrons. The first kappa shape index (κ1) is 11.6. The minimum absolute atomic E-state index is 0.362. The van der Waals surface area contributed by atoms with E-state index in [-0.39, 0.29) is 6.61 Å². The summed E-state index contributed by atoms with van der Waals surface area (Å²) in [4.78, 5) is 20.5. The number of rotatable bonds is 5. The van der Waals surface area contributed by atoms with Crippen LogP contribution < -0.4 is 0 Å². The minimum atomic E-state index is -1.26. The second-order valence-corrected chi connectivity index (χ2v) is 2.14. The molecule has 3 N–H and O–H groups in total. The maximum absolute atomic E-state index is 10.6. The first-order valence-electron chi connectivity index (χ1n) is 3.43. The average molecular weight is 190 g/mol. The lowest BCUT2D eigenvalue weighted by Gasteiger charge is -2.05. The van der Waals surface area contributed by atoms with E-state index in [9.17, 15) is 9.59 Å². The number of aliphatic hydroxyl groups excluding tert-OH is 2. The van der Waals surface area contributed by atoms with Crippen molar-refractivity contribution in [2.45, 2.75) is 6.10 Å². The van der Waals surface area contributed by atoms with Crippen LogP contribution in [0.25, 0.3) is 0 Å². The quantitative estimate of drug-likeness (QED) is 0.361. The number of aliphatic hydroxyl groups is 2. The molecule has 0 bridgehead atoms. The van der Waals surface area contributed by atoms with Gasteiger partial charge in [0.15, 0.2) is 0 Å². The summed E-state index contributed by atoms with van der Waals surface area (Å²) in [6.07, 6.45) is 0.197. The van der Waals surface area contributed by atoms with Crippen LogP contribution in [0.3, 0.4) is 0 Å². The zero-order valence-corrected chi connectivity index (χ0v) is 6.71. The summed E-state index contributed by atoms with van der Waals surface area (Å²) < 4.78 is 4.35. The van der Waals surface area contributed by atoms with Gasteiger partial charge in [-0.1, -0.05) is 0 Å². The zero-order chi connectivity index (χ0) is 10.3. The van der Waals surface area contributed by atoms with Gasteiger partial charge in [0.25, 0.3) is 0 Å². The third-order valence-corrected chi connectivity index (χ3v) is 0.991. The van der Waals surface area contributed by atoms with Crippen LogP contribution in [0.1, 0.15) is 0 Å². The van der Waals surface area contributed by atoms with E-state index in [1.807, 2.05) is 0 Å². The standard InChI is InChI=1S/C7H10O6/c8-3-5(9)4-13-7(12)2-1-6(10)11/h1-2,5,8-9H,3-4H2,(H,10,11)/b2-1-. The molecule has 0 saturated carbocycles. The van der Waals surface area contributed by atoms with Crippen molar-refractivity contribution in [2.24, 2.45) is 0 Å². The van der Waals surface area contributed by atoms with Crippen LogP contribution in [0.5, 0.6) is 0 Å². The van der Waals surface area contributed by atoms with Crippen molar-refractivity contribution in [3.63, 3.8) is 0 Å². The van der Waals surface area contributed by atoms with Crippen molar-refractivity contribution in [3.8, 4) is 0 Å². The summed E-state index contributed by atoms with van der Waals surface area (Å²) in [5.41, 5.74) is 0. The molecule has 0 rings (SSSR count). The maximum atomic E-state index is 10.6. The summed E-state index contributed by atoms with van der Waals surface area (Å²) in [6, 6.07) is 0. The van der Waals surface area contributed by atoms with Crippen LogP contribution in [0, 0.1) is 0 Å². The van der Waals surface area contributed by atoms with Gasteiger partial charge in [0.05, 0.1) is 6.61 Å². The molecule has 13 heavy (non-hydrogen) atoms. The van der Waals surface area contributed by atoms with Gasteiger partial charge in [0.2, 0.25) is 0 Å². The molecule has 0 amide bonds. The van der Waals surface area contributed by atoms with Crippen LogP contribution in [-0.2, 0) is 14.3 Å². The number of carbonyl (C=O) groups excluding carboxylic acids is 1. The van der Waals surface area contributed by atoms with Crippen LogP contribution in [0.4, 0.5) is 0 Å². The Labute approximate surface area is 74.1 Å². The lowest BCUT2D eigenvalue weighted by molar-refractivity contribution is -0.142. The molecule has 0 radical (unpaired) electrons. The van der Waals surface area contributed by atoms with E-state index in [4.69, 9.17) is 15.3 Å². The molecule has 6 heteroatoms. The van der Waals surface area contributed by atoms with Gasteiger partial charge in [0.1, 0.15) is 12.7 Å². The van der Waals surface area contributed by atoms with E-state index in [1.54, 1.807) is 0 Å². The molecule has 0 spiro atoms. The van der Waals surface area contributed by atoms with Gasteiger partial charge in [-0.3, -0.25) is 0 Å². The highest BCUT2D eigenvalue weighted by molar-refractivity contribution is 5.90. The monoisotopic (exact) mass is 190 g/mol. The molecule has 0 aromatic carbocycles.